The van der Waals surface area contributed by atoms with Gasteiger partial charge < -0.3 is 9.72 Å². The van der Waals surface area contributed by atoms with Crippen LogP contribution in [0.1, 0.15) is 33.9 Å². The van der Waals surface area contributed by atoms with Crippen molar-refractivity contribution < 1.29 is 9.53 Å². The summed E-state index contributed by atoms with van der Waals surface area (Å²) in [6, 6.07) is 28.8. The Morgan fingerprint density at radius 3 is 2.30 bits per heavy atom. The van der Waals surface area contributed by atoms with Crippen LogP contribution in [0.4, 0.5) is 0 Å². The summed E-state index contributed by atoms with van der Waals surface area (Å²) in [7, 11) is 1.60. The molecule has 6 rings (SSSR count). The number of rotatable bonds is 5. The van der Waals surface area contributed by atoms with E-state index in [9.17, 15) is 9.59 Å². The van der Waals surface area contributed by atoms with E-state index in [0.717, 1.165) is 22.1 Å². The van der Waals surface area contributed by atoms with Gasteiger partial charge in [0, 0.05) is 38.5 Å². The maximum atomic E-state index is 13.8. The number of fused-ring (bicyclic) bond motifs is 1. The van der Waals surface area contributed by atoms with Crippen molar-refractivity contribution in [1.29, 1.82) is 0 Å². The van der Waals surface area contributed by atoms with Crippen LogP contribution in [0.2, 0.25) is 10.0 Å². The lowest BCUT2D eigenvalue weighted by Crippen LogP contribution is -2.27. The van der Waals surface area contributed by atoms with E-state index < -0.39 is 6.04 Å². The predicted molar refractivity (Wildman–Crippen MR) is 160 cm³/mol. The third-order valence-electron chi connectivity index (χ3n) is 7.04. The molecule has 0 spiro atoms. The Morgan fingerprint density at radius 2 is 1.60 bits per heavy atom. The lowest BCUT2D eigenvalue weighted by Gasteiger charge is -2.22. The minimum absolute atomic E-state index is 0.290. The van der Waals surface area contributed by atoms with E-state index in [4.69, 9.17) is 33.0 Å². The topological polar surface area (TPSA) is 74.8 Å². The lowest BCUT2D eigenvalue weighted by atomic mass is 9.91. The van der Waals surface area contributed by atoms with Crippen LogP contribution in [0.15, 0.2) is 107 Å². The van der Waals surface area contributed by atoms with Crippen molar-refractivity contribution in [3.8, 4) is 16.9 Å². The van der Waals surface area contributed by atoms with Gasteiger partial charge in [-0.1, -0.05) is 65.7 Å². The van der Waals surface area contributed by atoms with Gasteiger partial charge in [0.15, 0.2) is 0 Å². The zero-order valence-corrected chi connectivity index (χ0v) is 22.9. The Kier molecular flexibility index (Phi) is 6.88. The summed E-state index contributed by atoms with van der Waals surface area (Å²) in [6.07, 6.45) is 0.334. The highest BCUT2D eigenvalue weighted by atomic mass is 35.5. The number of methoxy groups -OCH3 is 1. The predicted octanol–water partition coefficient (Wildman–Crippen LogP) is 7.50. The summed E-state index contributed by atoms with van der Waals surface area (Å²) in [5.41, 5.74) is 4.16. The Balaban J connectivity index is 1.55. The minimum atomic E-state index is -0.442. The minimum Gasteiger partial charge on any atom is -0.497 e. The number of hydrazone groups is 1. The SMILES string of the molecule is COc1ccc([C@H]2CC(c3c(-c4ccccc4)c4cc(Cl)ccc4[nH]c3=O)=NN2C(=O)c2ccc(Cl)cc2)cc1. The van der Waals surface area contributed by atoms with Crippen LogP contribution in [0.5, 0.6) is 5.75 Å². The van der Waals surface area contributed by atoms with Crippen LogP contribution in [-0.2, 0) is 0 Å². The van der Waals surface area contributed by atoms with Crippen molar-refractivity contribution in [3.05, 3.63) is 134 Å². The number of hydrogen-bond donors (Lipinski definition) is 1. The monoisotopic (exact) mass is 567 g/mol. The van der Waals surface area contributed by atoms with E-state index >= 15 is 0 Å². The number of nitrogens with zero attached hydrogens (tertiary/aromatic N) is 2. The maximum absolute atomic E-state index is 13.8. The summed E-state index contributed by atoms with van der Waals surface area (Å²) >= 11 is 12.5. The molecule has 6 nitrogen and oxygen atoms in total. The molecule has 0 bridgehead atoms. The third kappa shape index (κ3) is 4.76. The molecule has 0 unspecified atom stereocenters. The van der Waals surface area contributed by atoms with Gasteiger partial charge in [0.2, 0.25) is 0 Å². The second-order valence-electron chi connectivity index (χ2n) is 9.46. The first-order valence-corrected chi connectivity index (χ1v) is 13.4. The number of nitrogens with one attached hydrogen (secondary N) is 1. The molecule has 0 radical (unpaired) electrons. The number of halogens is 2. The number of H-pyrrole nitrogens is 1. The second-order valence-corrected chi connectivity index (χ2v) is 10.3. The quantitative estimate of drug-likeness (QED) is 0.239. The van der Waals surface area contributed by atoms with E-state index in [0.29, 0.717) is 44.6 Å². The fourth-order valence-corrected chi connectivity index (χ4v) is 5.40. The highest BCUT2D eigenvalue weighted by Crippen LogP contribution is 2.38. The van der Waals surface area contributed by atoms with Crippen molar-refractivity contribution in [2.75, 3.05) is 7.11 Å². The summed E-state index contributed by atoms with van der Waals surface area (Å²) < 4.78 is 5.33. The second kappa shape index (κ2) is 10.6. The first-order valence-electron chi connectivity index (χ1n) is 12.6. The fraction of sp³-hybridized carbons (Fsp3) is 0.0938. The van der Waals surface area contributed by atoms with Crippen LogP contribution >= 0.6 is 23.2 Å². The number of carbonyl (C=O) groups is 1. The largest absolute Gasteiger partial charge is 0.497 e. The molecule has 1 atom stereocenters. The molecular formula is C32H23Cl2N3O3. The smallest absolute Gasteiger partial charge is 0.274 e. The number of ether oxygens (including phenoxy) is 1. The molecule has 2 heterocycles. The number of benzene rings is 4. The van der Waals surface area contributed by atoms with Gasteiger partial charge in [0.05, 0.1) is 24.4 Å². The molecule has 8 heteroatoms. The number of carbonyl (C=O) groups excluding carboxylic acids is 1. The summed E-state index contributed by atoms with van der Waals surface area (Å²) in [6.45, 7) is 0. The molecule has 1 aliphatic heterocycles. The van der Waals surface area contributed by atoms with Gasteiger partial charge in [-0.05, 0) is 65.7 Å². The van der Waals surface area contributed by atoms with Crippen molar-refractivity contribution in [3.63, 3.8) is 0 Å². The molecule has 5 aromatic rings. The molecule has 4 aromatic carbocycles. The zero-order valence-electron chi connectivity index (χ0n) is 21.4. The van der Waals surface area contributed by atoms with Gasteiger partial charge in [-0.3, -0.25) is 9.59 Å². The molecule has 0 saturated heterocycles. The molecule has 40 heavy (non-hydrogen) atoms. The molecular weight excluding hydrogens is 545 g/mol. The zero-order chi connectivity index (χ0) is 27.8. The van der Waals surface area contributed by atoms with Gasteiger partial charge in [0.1, 0.15) is 5.75 Å². The molecule has 1 N–H and O–H groups in total. The third-order valence-corrected chi connectivity index (χ3v) is 7.52. The average molecular weight is 568 g/mol. The van der Waals surface area contributed by atoms with Gasteiger partial charge >= 0.3 is 0 Å². The van der Waals surface area contributed by atoms with Crippen molar-refractivity contribution in [2.45, 2.75) is 12.5 Å². The molecule has 0 saturated carbocycles. The van der Waals surface area contributed by atoms with E-state index in [1.54, 1.807) is 43.5 Å². The van der Waals surface area contributed by atoms with Gasteiger partial charge in [-0.2, -0.15) is 5.10 Å². The molecule has 1 aromatic heterocycles. The highest BCUT2D eigenvalue weighted by molar-refractivity contribution is 6.31. The van der Waals surface area contributed by atoms with Crippen LogP contribution < -0.4 is 10.3 Å². The molecule has 0 aliphatic carbocycles. The normalized spacial score (nSPS) is 14.8. The fourth-order valence-electron chi connectivity index (χ4n) is 5.10. The first-order chi connectivity index (χ1) is 19.4. The van der Waals surface area contributed by atoms with Crippen LogP contribution in [0.25, 0.3) is 22.0 Å². The molecule has 198 valence electrons. The Labute approximate surface area is 240 Å². The van der Waals surface area contributed by atoms with Gasteiger partial charge in [-0.25, -0.2) is 5.01 Å². The number of aromatic nitrogens is 1. The van der Waals surface area contributed by atoms with Crippen molar-refractivity contribution in [2.24, 2.45) is 5.10 Å². The van der Waals surface area contributed by atoms with Crippen molar-refractivity contribution in [1.82, 2.24) is 9.99 Å². The van der Waals surface area contributed by atoms with E-state index in [1.807, 2.05) is 60.7 Å². The standard InChI is InChI=1S/C32H23Cl2N3O3/c1-40-24-14-9-19(10-15-24)28-18-27(36-37(28)32(39)21-7-11-22(33)12-8-21)30-29(20-5-3-2-4-6-20)25-17-23(34)13-16-26(25)35-31(30)38/h2-17,28H,18H2,1H3,(H,35,38)/t28-/m1/s1. The summed E-state index contributed by atoms with van der Waals surface area (Å²) in [5.74, 6) is 0.404. The number of amides is 1. The number of hydrogen-bond acceptors (Lipinski definition) is 4. The lowest BCUT2D eigenvalue weighted by molar-refractivity contribution is 0.0711. The van der Waals surface area contributed by atoms with E-state index in [-0.39, 0.29) is 11.5 Å². The van der Waals surface area contributed by atoms with E-state index in [1.165, 1.54) is 5.01 Å². The Hall–Kier alpha value is -4.39. The van der Waals surface area contributed by atoms with E-state index in [2.05, 4.69) is 4.98 Å². The van der Waals surface area contributed by atoms with Gasteiger partial charge in [0.25, 0.3) is 11.5 Å². The summed E-state index contributed by atoms with van der Waals surface area (Å²) in [5, 5.41) is 8.14. The number of pyridine rings is 1. The van der Waals surface area contributed by atoms with Crippen LogP contribution in [0.3, 0.4) is 0 Å². The Bertz CT molecular complexity index is 1820. The first kappa shape index (κ1) is 25.9. The molecule has 0 fully saturated rings. The Morgan fingerprint density at radius 1 is 0.900 bits per heavy atom. The van der Waals surface area contributed by atoms with Crippen LogP contribution in [0, 0.1) is 0 Å². The summed E-state index contributed by atoms with van der Waals surface area (Å²) in [4.78, 5) is 30.5. The van der Waals surface area contributed by atoms with Gasteiger partial charge in [-0.15, -0.1) is 0 Å². The van der Waals surface area contributed by atoms with Crippen molar-refractivity contribution >= 4 is 45.7 Å². The average Bonchev–Trinajstić information content (AvgIpc) is 3.42. The molecule has 1 amide bonds. The highest BCUT2D eigenvalue weighted by Gasteiger charge is 2.36. The number of aromatic amines is 1. The maximum Gasteiger partial charge on any atom is 0.274 e. The van der Waals surface area contributed by atoms with Crippen LogP contribution in [-0.4, -0.2) is 28.7 Å². The molecule has 1 aliphatic rings.